The zero-order valence-electron chi connectivity index (χ0n) is 10.6. The number of alkyl halides is 2. The van der Waals surface area contributed by atoms with Crippen LogP contribution in [-0.4, -0.2) is 43.0 Å². The third-order valence-electron chi connectivity index (χ3n) is 3.13. The average Bonchev–Trinajstić information content (AvgIpc) is 3.07. The molecule has 0 spiro atoms. The summed E-state index contributed by atoms with van der Waals surface area (Å²) >= 11 is 0. The number of amides is 1. The molecule has 1 saturated heterocycles. The van der Waals surface area contributed by atoms with Gasteiger partial charge in [0.1, 0.15) is 6.10 Å². The van der Waals surface area contributed by atoms with Gasteiger partial charge in [-0.3, -0.25) is 4.79 Å². The molecule has 2 aliphatic rings. The molecule has 5 nitrogen and oxygen atoms in total. The topological polar surface area (TPSA) is 67.4 Å². The molecule has 0 aromatic carbocycles. The van der Waals surface area contributed by atoms with Crippen molar-refractivity contribution in [2.45, 2.75) is 50.2 Å². The van der Waals surface area contributed by atoms with Gasteiger partial charge in [-0.2, -0.15) is 8.78 Å². The van der Waals surface area contributed by atoms with E-state index in [1.807, 2.05) is 0 Å². The monoisotopic (exact) mass is 276 g/mol. The summed E-state index contributed by atoms with van der Waals surface area (Å²) in [5, 5.41) is 5.79. The number of hydrogen-bond acceptors (Lipinski definition) is 4. The predicted molar refractivity (Wildman–Crippen MR) is 62.7 cm³/mol. The van der Waals surface area contributed by atoms with Gasteiger partial charge >= 0.3 is 11.9 Å². The van der Waals surface area contributed by atoms with Gasteiger partial charge in [0, 0.05) is 19.0 Å². The molecule has 2 rings (SSSR count). The number of cyclic esters (lactones) is 1. The van der Waals surface area contributed by atoms with E-state index in [-0.39, 0.29) is 12.5 Å². The van der Waals surface area contributed by atoms with Crippen LogP contribution in [0.25, 0.3) is 0 Å². The lowest BCUT2D eigenvalue weighted by Gasteiger charge is -2.09. The summed E-state index contributed by atoms with van der Waals surface area (Å²) in [4.78, 5) is 22.1. The van der Waals surface area contributed by atoms with Gasteiger partial charge in [-0.25, -0.2) is 4.79 Å². The third kappa shape index (κ3) is 4.41. The Labute approximate surface area is 110 Å². The van der Waals surface area contributed by atoms with E-state index < -0.39 is 24.4 Å². The van der Waals surface area contributed by atoms with Gasteiger partial charge in [0.25, 0.3) is 0 Å². The number of halogens is 2. The smallest absolute Gasteiger partial charge is 0.377 e. The first kappa shape index (κ1) is 14.2. The Hall–Kier alpha value is -1.24. The van der Waals surface area contributed by atoms with Gasteiger partial charge in [-0.15, -0.1) is 0 Å². The maximum atomic E-state index is 12.8. The minimum Gasteiger partial charge on any atom is -0.456 e. The zero-order chi connectivity index (χ0) is 13.9. The number of esters is 1. The highest BCUT2D eigenvalue weighted by atomic mass is 19.3. The van der Waals surface area contributed by atoms with Crippen LogP contribution < -0.4 is 10.6 Å². The molecule has 0 radical (unpaired) electrons. The van der Waals surface area contributed by atoms with Gasteiger partial charge in [0.2, 0.25) is 5.91 Å². The van der Waals surface area contributed by atoms with Crippen LogP contribution in [-0.2, 0) is 14.3 Å². The van der Waals surface area contributed by atoms with Crippen LogP contribution in [0.3, 0.4) is 0 Å². The summed E-state index contributed by atoms with van der Waals surface area (Å²) in [5.74, 6) is -4.76. The van der Waals surface area contributed by atoms with Gasteiger partial charge in [0.15, 0.2) is 0 Å². The molecular weight excluding hydrogens is 258 g/mol. The van der Waals surface area contributed by atoms with Gasteiger partial charge in [-0.05, 0) is 25.8 Å². The van der Waals surface area contributed by atoms with Crippen molar-refractivity contribution < 1.29 is 23.1 Å². The Bertz CT molecular complexity index is 359. The lowest BCUT2D eigenvalue weighted by Crippen LogP contribution is -2.29. The van der Waals surface area contributed by atoms with Crippen molar-refractivity contribution in [3.05, 3.63) is 0 Å². The summed E-state index contributed by atoms with van der Waals surface area (Å²) in [6, 6.07) is 0.362. The van der Waals surface area contributed by atoms with Gasteiger partial charge < -0.3 is 15.4 Å². The number of carbonyl (C=O) groups excluding carboxylic acids is 2. The molecule has 1 heterocycles. The fraction of sp³-hybridized carbons (Fsp3) is 0.833. The lowest BCUT2D eigenvalue weighted by molar-refractivity contribution is -0.159. The predicted octanol–water partition coefficient (Wildman–Crippen LogP) is 0.586. The maximum Gasteiger partial charge on any atom is 0.377 e. The van der Waals surface area contributed by atoms with E-state index in [9.17, 15) is 18.4 Å². The second-order valence-corrected chi connectivity index (χ2v) is 5.09. The SMILES string of the molecule is O=C(CCCNCC1CC(F)(F)C(=O)O1)NC1CC1. The van der Waals surface area contributed by atoms with Crippen LogP contribution in [0.5, 0.6) is 0 Å². The Morgan fingerprint density at radius 1 is 1.42 bits per heavy atom. The second kappa shape index (κ2) is 5.81. The van der Waals surface area contributed by atoms with E-state index in [1.54, 1.807) is 0 Å². The van der Waals surface area contributed by atoms with E-state index in [0.717, 1.165) is 12.8 Å². The zero-order valence-corrected chi connectivity index (χ0v) is 10.6. The fourth-order valence-corrected chi connectivity index (χ4v) is 1.93. The first-order valence-corrected chi connectivity index (χ1v) is 6.56. The molecule has 1 unspecified atom stereocenters. The van der Waals surface area contributed by atoms with Crippen LogP contribution >= 0.6 is 0 Å². The molecule has 7 heteroatoms. The molecule has 19 heavy (non-hydrogen) atoms. The molecule has 1 aliphatic heterocycles. The van der Waals surface area contributed by atoms with Crippen molar-refractivity contribution >= 4 is 11.9 Å². The Kier molecular flexibility index (Phi) is 4.34. The van der Waals surface area contributed by atoms with Crippen molar-refractivity contribution in [2.24, 2.45) is 0 Å². The van der Waals surface area contributed by atoms with E-state index in [2.05, 4.69) is 15.4 Å². The standard InChI is InChI=1S/C12H18F2N2O3/c13-12(14)6-9(19-11(12)18)7-15-5-1-2-10(17)16-8-3-4-8/h8-9,15H,1-7H2,(H,16,17). The quantitative estimate of drug-likeness (QED) is 0.527. The Morgan fingerprint density at radius 2 is 2.16 bits per heavy atom. The molecule has 2 fully saturated rings. The van der Waals surface area contributed by atoms with Gasteiger partial charge in [-0.1, -0.05) is 0 Å². The highest BCUT2D eigenvalue weighted by Gasteiger charge is 2.50. The first-order chi connectivity index (χ1) is 8.97. The molecule has 1 aliphatic carbocycles. The van der Waals surface area contributed by atoms with Crippen LogP contribution in [0.2, 0.25) is 0 Å². The highest BCUT2D eigenvalue weighted by Crippen LogP contribution is 2.30. The summed E-state index contributed by atoms with van der Waals surface area (Å²) in [5.41, 5.74) is 0. The minimum atomic E-state index is -3.35. The summed E-state index contributed by atoms with van der Waals surface area (Å²) in [6.07, 6.45) is 1.83. The molecule has 0 bridgehead atoms. The van der Waals surface area contributed by atoms with Crippen LogP contribution in [0.1, 0.15) is 32.1 Å². The van der Waals surface area contributed by atoms with Crippen molar-refractivity contribution in [2.75, 3.05) is 13.1 Å². The first-order valence-electron chi connectivity index (χ1n) is 6.56. The number of carbonyl (C=O) groups is 2. The molecule has 0 aromatic rings. The average molecular weight is 276 g/mol. The van der Waals surface area contributed by atoms with E-state index in [1.165, 1.54) is 0 Å². The molecule has 1 saturated carbocycles. The normalized spacial score (nSPS) is 25.2. The molecular formula is C12H18F2N2O3. The summed E-state index contributed by atoms with van der Waals surface area (Å²) < 4.78 is 30.2. The highest BCUT2D eigenvalue weighted by molar-refractivity contribution is 5.79. The Morgan fingerprint density at radius 3 is 2.74 bits per heavy atom. The van der Waals surface area contributed by atoms with Crippen molar-refractivity contribution in [1.29, 1.82) is 0 Å². The number of hydrogen-bond donors (Lipinski definition) is 2. The molecule has 2 N–H and O–H groups in total. The molecule has 1 amide bonds. The minimum absolute atomic E-state index is 0.0307. The second-order valence-electron chi connectivity index (χ2n) is 5.09. The van der Waals surface area contributed by atoms with Crippen molar-refractivity contribution in [1.82, 2.24) is 10.6 Å². The third-order valence-corrected chi connectivity index (χ3v) is 3.13. The molecule has 108 valence electrons. The lowest BCUT2D eigenvalue weighted by atomic mass is 10.2. The van der Waals surface area contributed by atoms with E-state index in [4.69, 9.17) is 0 Å². The van der Waals surface area contributed by atoms with Crippen molar-refractivity contribution in [3.8, 4) is 0 Å². The van der Waals surface area contributed by atoms with E-state index in [0.29, 0.717) is 25.4 Å². The number of rotatable bonds is 7. The molecule has 0 aromatic heterocycles. The fourth-order valence-electron chi connectivity index (χ4n) is 1.93. The van der Waals surface area contributed by atoms with Crippen LogP contribution in [0, 0.1) is 0 Å². The van der Waals surface area contributed by atoms with Gasteiger partial charge in [0.05, 0.1) is 6.42 Å². The van der Waals surface area contributed by atoms with Crippen LogP contribution in [0.15, 0.2) is 0 Å². The largest absolute Gasteiger partial charge is 0.456 e. The number of nitrogens with one attached hydrogen (secondary N) is 2. The van der Waals surface area contributed by atoms with Crippen LogP contribution in [0.4, 0.5) is 8.78 Å². The maximum absolute atomic E-state index is 12.8. The van der Waals surface area contributed by atoms with Crippen molar-refractivity contribution in [3.63, 3.8) is 0 Å². The summed E-state index contributed by atoms with van der Waals surface area (Å²) in [7, 11) is 0. The summed E-state index contributed by atoms with van der Waals surface area (Å²) in [6.45, 7) is 0.739. The van der Waals surface area contributed by atoms with E-state index >= 15 is 0 Å². The Balaban J connectivity index is 1.50. The number of ether oxygens (including phenoxy) is 1. The molecule has 1 atom stereocenters.